The number of hydrogen-bond donors (Lipinski definition) is 3. The first-order valence-electron chi connectivity index (χ1n) is 5.76. The zero-order valence-corrected chi connectivity index (χ0v) is 11.5. The average Bonchev–Trinajstić information content (AvgIpc) is 2.29. The van der Waals surface area contributed by atoms with Gasteiger partial charge in [-0.2, -0.15) is 0 Å². The van der Waals surface area contributed by atoms with E-state index in [4.69, 9.17) is 5.73 Å². The van der Waals surface area contributed by atoms with Crippen molar-refractivity contribution in [2.24, 2.45) is 0 Å². The van der Waals surface area contributed by atoms with Crippen LogP contribution >= 0.6 is 0 Å². The molecule has 6 heteroatoms. The number of nitrogen functional groups attached to an aromatic ring is 1. The SMILES string of the molecule is CCNC(=O)c1ccc(N)cc1NCCS(C)=O. The molecule has 0 saturated carbocycles. The first kappa shape index (κ1) is 14.5. The Bertz CT molecular complexity index is 449. The van der Waals surface area contributed by atoms with Crippen molar-refractivity contribution in [3.05, 3.63) is 23.8 Å². The molecule has 0 fully saturated rings. The molecule has 1 unspecified atom stereocenters. The molecule has 0 aromatic heterocycles. The predicted molar refractivity (Wildman–Crippen MR) is 76.3 cm³/mol. The van der Waals surface area contributed by atoms with E-state index in [-0.39, 0.29) is 5.91 Å². The van der Waals surface area contributed by atoms with Crippen molar-refractivity contribution in [3.8, 4) is 0 Å². The van der Waals surface area contributed by atoms with E-state index in [9.17, 15) is 9.00 Å². The van der Waals surface area contributed by atoms with Crippen LogP contribution < -0.4 is 16.4 Å². The monoisotopic (exact) mass is 269 g/mol. The molecular weight excluding hydrogens is 250 g/mol. The summed E-state index contributed by atoms with van der Waals surface area (Å²) in [7, 11) is -0.860. The van der Waals surface area contributed by atoms with Crippen LogP contribution in [0.25, 0.3) is 0 Å². The number of rotatable bonds is 6. The molecule has 0 aliphatic heterocycles. The molecule has 1 aromatic rings. The van der Waals surface area contributed by atoms with Crippen molar-refractivity contribution in [1.29, 1.82) is 0 Å². The van der Waals surface area contributed by atoms with E-state index in [0.717, 1.165) is 0 Å². The molecule has 5 nitrogen and oxygen atoms in total. The van der Waals surface area contributed by atoms with Gasteiger partial charge in [-0.1, -0.05) is 0 Å². The van der Waals surface area contributed by atoms with Crippen LogP contribution in [-0.4, -0.2) is 35.2 Å². The molecule has 1 aromatic carbocycles. The lowest BCUT2D eigenvalue weighted by molar-refractivity contribution is 0.0956. The van der Waals surface area contributed by atoms with Gasteiger partial charge in [-0.3, -0.25) is 9.00 Å². The van der Waals surface area contributed by atoms with Gasteiger partial charge in [0.15, 0.2) is 0 Å². The molecule has 100 valence electrons. The minimum absolute atomic E-state index is 0.141. The lowest BCUT2D eigenvalue weighted by Crippen LogP contribution is -2.24. The maximum atomic E-state index is 11.8. The van der Waals surface area contributed by atoms with Crippen molar-refractivity contribution < 1.29 is 9.00 Å². The second-order valence-electron chi connectivity index (χ2n) is 3.87. The standard InChI is InChI=1S/C12H19N3O2S/c1-3-14-12(16)10-5-4-9(13)8-11(10)15-6-7-18(2)17/h4-5,8,15H,3,6-7,13H2,1-2H3,(H,14,16). The zero-order valence-electron chi connectivity index (χ0n) is 10.7. The van der Waals surface area contributed by atoms with Crippen molar-refractivity contribution in [1.82, 2.24) is 5.32 Å². The number of hydrogen-bond acceptors (Lipinski definition) is 4. The van der Waals surface area contributed by atoms with Crippen molar-refractivity contribution in [2.75, 3.05) is 36.1 Å². The smallest absolute Gasteiger partial charge is 0.253 e. The van der Waals surface area contributed by atoms with Crippen LogP contribution in [0.4, 0.5) is 11.4 Å². The molecule has 18 heavy (non-hydrogen) atoms. The third kappa shape index (κ3) is 4.37. The van der Waals surface area contributed by atoms with Gasteiger partial charge in [0.25, 0.3) is 5.91 Å². The highest BCUT2D eigenvalue weighted by atomic mass is 32.2. The highest BCUT2D eigenvalue weighted by molar-refractivity contribution is 7.84. The largest absolute Gasteiger partial charge is 0.399 e. The van der Waals surface area contributed by atoms with Crippen LogP contribution in [0.2, 0.25) is 0 Å². The molecule has 1 amide bonds. The Hall–Kier alpha value is -1.56. The maximum absolute atomic E-state index is 11.8. The number of anilines is 2. The average molecular weight is 269 g/mol. The molecule has 0 aliphatic carbocycles. The fourth-order valence-corrected chi connectivity index (χ4v) is 1.88. The molecule has 0 bridgehead atoms. The van der Waals surface area contributed by atoms with Gasteiger partial charge >= 0.3 is 0 Å². The lowest BCUT2D eigenvalue weighted by Gasteiger charge is -2.12. The third-order valence-electron chi connectivity index (χ3n) is 2.33. The molecule has 1 rings (SSSR count). The van der Waals surface area contributed by atoms with Gasteiger partial charge in [0.05, 0.1) is 5.56 Å². The van der Waals surface area contributed by atoms with Gasteiger partial charge in [0, 0.05) is 47.3 Å². The summed E-state index contributed by atoms with van der Waals surface area (Å²) in [5.41, 5.74) is 7.51. The van der Waals surface area contributed by atoms with E-state index in [1.165, 1.54) is 0 Å². The van der Waals surface area contributed by atoms with Crippen LogP contribution in [0.1, 0.15) is 17.3 Å². The molecule has 0 spiro atoms. The fraction of sp³-hybridized carbons (Fsp3) is 0.417. The Labute approximate surface area is 110 Å². The summed E-state index contributed by atoms with van der Waals surface area (Å²) in [6.07, 6.45) is 1.64. The first-order valence-corrected chi connectivity index (χ1v) is 7.49. The van der Waals surface area contributed by atoms with E-state index >= 15 is 0 Å². The lowest BCUT2D eigenvalue weighted by atomic mass is 10.1. The van der Waals surface area contributed by atoms with Crippen LogP contribution in [-0.2, 0) is 10.8 Å². The molecule has 0 radical (unpaired) electrons. The van der Waals surface area contributed by atoms with Crippen LogP contribution in [0, 0.1) is 0 Å². The summed E-state index contributed by atoms with van der Waals surface area (Å²) < 4.78 is 11.0. The molecule has 4 N–H and O–H groups in total. The topological polar surface area (TPSA) is 84.2 Å². The van der Waals surface area contributed by atoms with E-state index in [2.05, 4.69) is 10.6 Å². The highest BCUT2D eigenvalue weighted by Gasteiger charge is 2.10. The summed E-state index contributed by atoms with van der Waals surface area (Å²) in [5, 5.41) is 5.83. The molecule has 0 saturated heterocycles. The Morgan fingerprint density at radius 2 is 2.17 bits per heavy atom. The third-order valence-corrected chi connectivity index (χ3v) is 3.11. The molecule has 1 atom stereocenters. The van der Waals surface area contributed by atoms with Crippen LogP contribution in [0.15, 0.2) is 18.2 Å². The Balaban J connectivity index is 2.82. The summed E-state index contributed by atoms with van der Waals surface area (Å²) >= 11 is 0. The maximum Gasteiger partial charge on any atom is 0.253 e. The summed E-state index contributed by atoms with van der Waals surface area (Å²) in [6.45, 7) is 2.98. The van der Waals surface area contributed by atoms with E-state index in [1.807, 2.05) is 6.92 Å². The van der Waals surface area contributed by atoms with Gasteiger partial charge in [0.1, 0.15) is 0 Å². The number of nitrogens with one attached hydrogen (secondary N) is 2. The van der Waals surface area contributed by atoms with Gasteiger partial charge in [-0.15, -0.1) is 0 Å². The van der Waals surface area contributed by atoms with Gasteiger partial charge in [-0.05, 0) is 25.1 Å². The van der Waals surface area contributed by atoms with E-state index in [1.54, 1.807) is 24.5 Å². The quantitative estimate of drug-likeness (QED) is 0.667. The normalized spacial score (nSPS) is 11.9. The summed E-state index contributed by atoms with van der Waals surface area (Å²) in [6, 6.07) is 5.09. The van der Waals surface area contributed by atoms with Gasteiger partial charge < -0.3 is 16.4 Å². The number of amides is 1. The number of nitrogens with two attached hydrogens (primary N) is 1. The second kappa shape index (κ2) is 7.00. The predicted octanol–water partition coefficient (Wildman–Crippen LogP) is 0.809. The van der Waals surface area contributed by atoms with Gasteiger partial charge in [-0.25, -0.2) is 0 Å². The molecule has 0 heterocycles. The van der Waals surface area contributed by atoms with Crippen molar-refractivity contribution in [2.45, 2.75) is 6.92 Å². The number of carbonyl (C=O) groups excluding carboxylic acids is 1. The minimum atomic E-state index is -0.860. The van der Waals surface area contributed by atoms with Crippen molar-refractivity contribution >= 4 is 28.1 Å². The van der Waals surface area contributed by atoms with Crippen molar-refractivity contribution in [3.63, 3.8) is 0 Å². The summed E-state index contributed by atoms with van der Waals surface area (Å²) in [4.78, 5) is 11.8. The fourth-order valence-electron chi connectivity index (χ4n) is 1.49. The second-order valence-corrected chi connectivity index (χ2v) is 5.42. The molecule has 0 aliphatic rings. The van der Waals surface area contributed by atoms with Crippen LogP contribution in [0.5, 0.6) is 0 Å². The highest BCUT2D eigenvalue weighted by Crippen LogP contribution is 2.19. The first-order chi connectivity index (χ1) is 8.54. The van der Waals surface area contributed by atoms with E-state index in [0.29, 0.717) is 35.8 Å². The Morgan fingerprint density at radius 3 is 2.78 bits per heavy atom. The number of carbonyl (C=O) groups is 1. The van der Waals surface area contributed by atoms with Crippen LogP contribution in [0.3, 0.4) is 0 Å². The van der Waals surface area contributed by atoms with Gasteiger partial charge in [0.2, 0.25) is 0 Å². The zero-order chi connectivity index (χ0) is 13.5. The molecular formula is C12H19N3O2S. The van der Waals surface area contributed by atoms with E-state index < -0.39 is 10.8 Å². The Kier molecular flexibility index (Phi) is 5.64. The number of benzene rings is 1. The summed E-state index contributed by atoms with van der Waals surface area (Å²) in [5.74, 6) is 0.390. The Morgan fingerprint density at radius 1 is 1.44 bits per heavy atom. The minimum Gasteiger partial charge on any atom is -0.399 e.